The van der Waals surface area contributed by atoms with Crippen LogP contribution >= 0.6 is 24.0 Å². The average molecular weight is 475 g/mol. The molecule has 0 aromatic heterocycles. The van der Waals surface area contributed by atoms with Gasteiger partial charge in [0.2, 0.25) is 0 Å². The Labute approximate surface area is 175 Å². The highest BCUT2D eigenvalue weighted by atomic mass is 127. The van der Waals surface area contributed by atoms with E-state index in [0.29, 0.717) is 12.5 Å². The lowest BCUT2D eigenvalue weighted by Crippen LogP contribution is -2.39. The number of rotatable bonds is 6. The number of ether oxygens (including phenoxy) is 2. The van der Waals surface area contributed by atoms with Crippen LogP contribution in [0.4, 0.5) is 0 Å². The number of nitrogens with one attached hydrogen (secondary N) is 1. The third kappa shape index (κ3) is 7.80. The number of methoxy groups -OCH3 is 1. The fraction of sp³-hybridized carbons (Fsp3) is 0.650. The number of guanidine groups is 1. The van der Waals surface area contributed by atoms with Gasteiger partial charge in [0, 0.05) is 39.7 Å². The number of halogens is 1. The summed E-state index contributed by atoms with van der Waals surface area (Å²) in [7, 11) is 3.62. The van der Waals surface area contributed by atoms with Crippen LogP contribution in [-0.2, 0) is 22.6 Å². The molecular weight excluding hydrogens is 441 g/mol. The lowest BCUT2D eigenvalue weighted by atomic mass is 10.1. The van der Waals surface area contributed by atoms with Crippen LogP contribution in [0, 0.1) is 5.92 Å². The summed E-state index contributed by atoms with van der Waals surface area (Å²) in [6.45, 7) is 10.5. The maximum atomic E-state index is 5.87. The first-order valence-corrected chi connectivity index (χ1v) is 9.07. The number of hydrogen-bond acceptors (Lipinski definition) is 3. The van der Waals surface area contributed by atoms with Crippen molar-refractivity contribution in [2.45, 2.75) is 45.9 Å². The van der Waals surface area contributed by atoms with Gasteiger partial charge < -0.3 is 19.7 Å². The molecule has 0 amide bonds. The second kappa shape index (κ2) is 11.1. The smallest absolute Gasteiger partial charge is 0.193 e. The number of benzene rings is 1. The van der Waals surface area contributed by atoms with Crippen LogP contribution in [0.25, 0.3) is 0 Å². The van der Waals surface area contributed by atoms with E-state index in [1.165, 1.54) is 11.1 Å². The normalized spacial score (nSPS) is 18.0. The molecule has 1 unspecified atom stereocenters. The Morgan fingerprint density at radius 1 is 1.31 bits per heavy atom. The molecule has 0 bridgehead atoms. The maximum absolute atomic E-state index is 5.87. The number of aliphatic imine (C=N–C) groups is 1. The van der Waals surface area contributed by atoms with E-state index in [1.54, 1.807) is 7.11 Å². The van der Waals surface area contributed by atoms with Gasteiger partial charge in [-0.15, -0.1) is 24.0 Å². The van der Waals surface area contributed by atoms with E-state index in [0.717, 1.165) is 38.6 Å². The largest absolute Gasteiger partial charge is 0.384 e. The predicted molar refractivity (Wildman–Crippen MR) is 118 cm³/mol. The molecule has 1 aliphatic heterocycles. The van der Waals surface area contributed by atoms with Crippen molar-refractivity contribution in [1.29, 1.82) is 0 Å². The molecule has 6 heteroatoms. The summed E-state index contributed by atoms with van der Waals surface area (Å²) < 4.78 is 11.1. The quantitative estimate of drug-likeness (QED) is 0.388. The van der Waals surface area contributed by atoms with Crippen LogP contribution in [-0.4, -0.2) is 50.3 Å². The van der Waals surface area contributed by atoms with Gasteiger partial charge in [-0.1, -0.05) is 24.3 Å². The molecule has 0 aliphatic carbocycles. The van der Waals surface area contributed by atoms with E-state index in [9.17, 15) is 0 Å². The Morgan fingerprint density at radius 2 is 2.04 bits per heavy atom. The van der Waals surface area contributed by atoms with Gasteiger partial charge in [0.05, 0.1) is 18.8 Å². The van der Waals surface area contributed by atoms with Gasteiger partial charge in [0.25, 0.3) is 0 Å². The van der Waals surface area contributed by atoms with Crippen molar-refractivity contribution in [3.05, 3.63) is 35.4 Å². The highest BCUT2D eigenvalue weighted by Crippen LogP contribution is 2.17. The first-order chi connectivity index (χ1) is 11.9. The first kappa shape index (κ1) is 23.2. The number of likely N-dealkylation sites (tertiary alicyclic amines) is 1. The van der Waals surface area contributed by atoms with Gasteiger partial charge in [0.15, 0.2) is 5.96 Å². The average Bonchev–Trinajstić information content (AvgIpc) is 3.02. The molecule has 1 atom stereocenters. The molecule has 1 saturated heterocycles. The highest BCUT2D eigenvalue weighted by Gasteiger charge is 2.24. The molecule has 1 aromatic rings. The summed E-state index contributed by atoms with van der Waals surface area (Å²) in [5, 5.41) is 3.48. The standard InChI is InChI=1S/C20H33N3O2.HI/c1-20(2,3)25-15-17-8-6-7-16(11-17)12-22-19(21-4)23-10-9-18(13-23)14-24-5;/h6-8,11,18H,9-10,12-15H2,1-5H3,(H,21,22);1H. The summed E-state index contributed by atoms with van der Waals surface area (Å²) >= 11 is 0. The predicted octanol–water partition coefficient (Wildman–Crippen LogP) is 3.66. The summed E-state index contributed by atoms with van der Waals surface area (Å²) in [4.78, 5) is 6.75. The van der Waals surface area contributed by atoms with Gasteiger partial charge >= 0.3 is 0 Å². The van der Waals surface area contributed by atoms with Crippen molar-refractivity contribution in [2.75, 3.05) is 33.9 Å². The van der Waals surface area contributed by atoms with Gasteiger partial charge in [0.1, 0.15) is 0 Å². The van der Waals surface area contributed by atoms with E-state index in [-0.39, 0.29) is 29.6 Å². The first-order valence-electron chi connectivity index (χ1n) is 9.07. The molecule has 1 aliphatic rings. The fourth-order valence-corrected chi connectivity index (χ4v) is 3.04. The number of hydrogen-bond donors (Lipinski definition) is 1. The lowest BCUT2D eigenvalue weighted by Gasteiger charge is -2.22. The van der Waals surface area contributed by atoms with Gasteiger partial charge in [-0.3, -0.25) is 4.99 Å². The van der Waals surface area contributed by atoms with Crippen LogP contribution in [0.3, 0.4) is 0 Å². The zero-order valence-corrected chi connectivity index (χ0v) is 19.1. The Morgan fingerprint density at radius 3 is 2.69 bits per heavy atom. The lowest BCUT2D eigenvalue weighted by molar-refractivity contribution is -0.0149. The van der Waals surface area contributed by atoms with E-state index < -0.39 is 0 Å². The minimum Gasteiger partial charge on any atom is -0.384 e. The third-order valence-electron chi connectivity index (χ3n) is 4.31. The summed E-state index contributed by atoms with van der Waals surface area (Å²) in [5.41, 5.74) is 2.32. The van der Waals surface area contributed by atoms with Crippen LogP contribution in [0.5, 0.6) is 0 Å². The highest BCUT2D eigenvalue weighted by molar-refractivity contribution is 14.0. The molecule has 1 N–H and O–H groups in total. The molecule has 0 radical (unpaired) electrons. The molecular formula is C20H34IN3O2. The molecule has 26 heavy (non-hydrogen) atoms. The van der Waals surface area contributed by atoms with E-state index in [4.69, 9.17) is 9.47 Å². The minimum absolute atomic E-state index is 0. The summed E-state index contributed by atoms with van der Waals surface area (Å²) in [6.07, 6.45) is 1.16. The third-order valence-corrected chi connectivity index (χ3v) is 4.31. The van der Waals surface area contributed by atoms with Crippen molar-refractivity contribution in [2.24, 2.45) is 10.9 Å². The van der Waals surface area contributed by atoms with Crippen LogP contribution in [0.15, 0.2) is 29.3 Å². The molecule has 1 fully saturated rings. The molecule has 0 spiro atoms. The monoisotopic (exact) mass is 475 g/mol. The van der Waals surface area contributed by atoms with E-state index in [1.807, 2.05) is 7.05 Å². The zero-order chi connectivity index (χ0) is 18.3. The van der Waals surface area contributed by atoms with Crippen LogP contribution in [0.2, 0.25) is 0 Å². The Kier molecular flexibility index (Phi) is 9.89. The Hall–Kier alpha value is -0.860. The molecule has 0 saturated carbocycles. The minimum atomic E-state index is -0.120. The topological polar surface area (TPSA) is 46.1 Å². The van der Waals surface area contributed by atoms with Crippen molar-refractivity contribution >= 4 is 29.9 Å². The van der Waals surface area contributed by atoms with Crippen molar-refractivity contribution in [1.82, 2.24) is 10.2 Å². The molecule has 148 valence electrons. The van der Waals surface area contributed by atoms with Crippen molar-refractivity contribution < 1.29 is 9.47 Å². The van der Waals surface area contributed by atoms with Crippen LogP contribution < -0.4 is 5.32 Å². The Bertz CT molecular complexity index is 572. The SMILES string of the molecule is CN=C(NCc1cccc(COC(C)(C)C)c1)N1CCC(COC)C1.I. The molecule has 1 heterocycles. The van der Waals surface area contributed by atoms with Gasteiger partial charge in [-0.2, -0.15) is 0 Å². The Balaban J connectivity index is 0.00000338. The van der Waals surface area contributed by atoms with E-state index >= 15 is 0 Å². The molecule has 5 nitrogen and oxygen atoms in total. The van der Waals surface area contributed by atoms with Gasteiger partial charge in [-0.25, -0.2) is 0 Å². The number of nitrogens with zero attached hydrogens (tertiary/aromatic N) is 2. The fourth-order valence-electron chi connectivity index (χ4n) is 3.04. The molecule has 1 aromatic carbocycles. The van der Waals surface area contributed by atoms with Crippen LogP contribution in [0.1, 0.15) is 38.3 Å². The second-order valence-electron chi connectivity index (χ2n) is 7.68. The maximum Gasteiger partial charge on any atom is 0.193 e. The summed E-state index contributed by atoms with van der Waals surface area (Å²) in [6, 6.07) is 8.54. The van der Waals surface area contributed by atoms with Crippen molar-refractivity contribution in [3.8, 4) is 0 Å². The van der Waals surface area contributed by atoms with Crippen molar-refractivity contribution in [3.63, 3.8) is 0 Å². The summed E-state index contributed by atoms with van der Waals surface area (Å²) in [5.74, 6) is 1.57. The zero-order valence-electron chi connectivity index (χ0n) is 16.7. The second-order valence-corrected chi connectivity index (χ2v) is 7.68. The molecule has 2 rings (SSSR count). The van der Waals surface area contributed by atoms with E-state index in [2.05, 4.69) is 60.2 Å². The van der Waals surface area contributed by atoms with Gasteiger partial charge in [-0.05, 0) is 38.3 Å².